The lowest BCUT2D eigenvalue weighted by Gasteiger charge is -2.44. The van der Waals surface area contributed by atoms with Crippen molar-refractivity contribution >= 4 is 28.4 Å². The molecule has 170 valence electrons. The molecule has 1 saturated heterocycles. The predicted molar refractivity (Wildman–Crippen MR) is 122 cm³/mol. The number of aliphatic hydroxyl groups is 1. The lowest BCUT2D eigenvalue weighted by Crippen LogP contribution is -2.55. The van der Waals surface area contributed by atoms with Crippen molar-refractivity contribution in [2.24, 2.45) is 5.92 Å². The molecule has 2 aromatic heterocycles. The number of imidazole rings is 1. The summed E-state index contributed by atoms with van der Waals surface area (Å²) in [6.07, 6.45) is 7.02. The molecule has 4 heterocycles. The highest BCUT2D eigenvalue weighted by atomic mass is 19.1. The Morgan fingerprint density at radius 2 is 2.12 bits per heavy atom. The van der Waals surface area contributed by atoms with Crippen molar-refractivity contribution in [1.29, 1.82) is 0 Å². The summed E-state index contributed by atoms with van der Waals surface area (Å²) in [7, 11) is 0. The molecule has 2 aliphatic rings. The second kappa shape index (κ2) is 8.87. The highest BCUT2D eigenvalue weighted by Crippen LogP contribution is 2.43. The molecule has 5 N–H and O–H groups in total. The standard InChI is InChI=1S/C22H29FN8O/c23-16-4-5-17-18(11-16)30-22(29-17,15-3-1-8-31(12-15)9-10-32)6-2-7-24-20-19-21(26-13-25-19)28-14-27-20/h4-5,11,13-15,29-30,32H,1-3,6-10,12H2,(H2,24,25,26,27,28)/t15-,22?/m1/s1. The average Bonchev–Trinajstić information content (AvgIpc) is 3.42. The van der Waals surface area contributed by atoms with E-state index in [1.165, 1.54) is 12.4 Å². The van der Waals surface area contributed by atoms with Gasteiger partial charge in [0.2, 0.25) is 0 Å². The molecule has 1 aromatic carbocycles. The third-order valence-electron chi connectivity index (χ3n) is 6.58. The maximum absolute atomic E-state index is 13.9. The number of halogens is 1. The van der Waals surface area contributed by atoms with Gasteiger partial charge in [0.1, 0.15) is 23.3 Å². The largest absolute Gasteiger partial charge is 0.395 e. The van der Waals surface area contributed by atoms with E-state index in [-0.39, 0.29) is 18.1 Å². The summed E-state index contributed by atoms with van der Waals surface area (Å²) in [5, 5.41) is 20.1. The molecule has 0 amide bonds. The van der Waals surface area contributed by atoms with Crippen molar-refractivity contribution in [3.05, 3.63) is 36.7 Å². The number of benzene rings is 1. The van der Waals surface area contributed by atoms with E-state index in [0.29, 0.717) is 18.1 Å². The normalized spacial score (nSPS) is 23.0. The van der Waals surface area contributed by atoms with Crippen molar-refractivity contribution in [3.8, 4) is 0 Å². The summed E-state index contributed by atoms with van der Waals surface area (Å²) in [4.78, 5) is 18.1. The van der Waals surface area contributed by atoms with Crippen LogP contribution >= 0.6 is 0 Å². The van der Waals surface area contributed by atoms with Crippen molar-refractivity contribution in [3.63, 3.8) is 0 Å². The molecule has 1 fully saturated rings. The van der Waals surface area contributed by atoms with Gasteiger partial charge in [-0.05, 0) is 50.4 Å². The van der Waals surface area contributed by atoms with Crippen LogP contribution in [-0.4, -0.2) is 68.4 Å². The molecule has 0 aliphatic carbocycles. The van der Waals surface area contributed by atoms with E-state index in [4.69, 9.17) is 0 Å². The molecule has 1 unspecified atom stereocenters. The number of aromatic amines is 1. The van der Waals surface area contributed by atoms with Crippen LogP contribution in [0.5, 0.6) is 0 Å². The Bertz CT molecular complexity index is 1070. The van der Waals surface area contributed by atoms with Gasteiger partial charge in [-0.3, -0.25) is 0 Å². The number of fused-ring (bicyclic) bond motifs is 2. The second-order valence-electron chi connectivity index (χ2n) is 8.63. The molecule has 10 heteroatoms. The van der Waals surface area contributed by atoms with E-state index in [1.807, 2.05) is 6.07 Å². The first-order chi connectivity index (χ1) is 15.7. The van der Waals surface area contributed by atoms with E-state index in [0.717, 1.165) is 68.0 Å². The fourth-order valence-electron chi connectivity index (χ4n) is 5.05. The molecule has 3 aromatic rings. The van der Waals surface area contributed by atoms with Crippen molar-refractivity contribution < 1.29 is 9.50 Å². The van der Waals surface area contributed by atoms with Crippen molar-refractivity contribution in [1.82, 2.24) is 24.8 Å². The Hall–Kier alpha value is -2.98. The smallest absolute Gasteiger partial charge is 0.182 e. The van der Waals surface area contributed by atoms with E-state index in [2.05, 4.69) is 40.8 Å². The maximum Gasteiger partial charge on any atom is 0.182 e. The van der Waals surface area contributed by atoms with Crippen LogP contribution in [0.1, 0.15) is 25.7 Å². The minimum Gasteiger partial charge on any atom is -0.395 e. The molecule has 2 atom stereocenters. The molecule has 0 saturated carbocycles. The average molecular weight is 441 g/mol. The summed E-state index contributed by atoms with van der Waals surface area (Å²) in [5.74, 6) is 0.830. The van der Waals surface area contributed by atoms with E-state index < -0.39 is 0 Å². The number of rotatable bonds is 8. The highest BCUT2D eigenvalue weighted by molar-refractivity contribution is 5.81. The molecular weight excluding hydrogens is 411 g/mol. The van der Waals surface area contributed by atoms with Crippen LogP contribution < -0.4 is 16.0 Å². The molecule has 0 bridgehead atoms. The van der Waals surface area contributed by atoms with Crippen molar-refractivity contribution in [2.75, 3.05) is 48.7 Å². The number of piperidine rings is 1. The van der Waals surface area contributed by atoms with Crippen LogP contribution in [0.4, 0.5) is 21.6 Å². The van der Waals surface area contributed by atoms with E-state index in [1.54, 1.807) is 12.4 Å². The van der Waals surface area contributed by atoms with Gasteiger partial charge >= 0.3 is 0 Å². The van der Waals surface area contributed by atoms with Gasteiger partial charge < -0.3 is 30.9 Å². The van der Waals surface area contributed by atoms with Gasteiger partial charge in [-0.2, -0.15) is 0 Å². The number of aromatic nitrogens is 4. The third-order valence-corrected chi connectivity index (χ3v) is 6.58. The Balaban J connectivity index is 1.30. The highest BCUT2D eigenvalue weighted by Gasteiger charge is 2.44. The topological polar surface area (TPSA) is 114 Å². The lowest BCUT2D eigenvalue weighted by molar-refractivity contribution is 0.111. The fraction of sp³-hybridized carbons (Fsp3) is 0.500. The number of nitrogens with zero attached hydrogens (tertiary/aromatic N) is 4. The third kappa shape index (κ3) is 4.07. The van der Waals surface area contributed by atoms with Gasteiger partial charge in [0.15, 0.2) is 11.5 Å². The number of likely N-dealkylation sites (tertiary alicyclic amines) is 1. The summed E-state index contributed by atoms with van der Waals surface area (Å²) < 4.78 is 13.9. The van der Waals surface area contributed by atoms with Gasteiger partial charge in [0, 0.05) is 25.6 Å². The predicted octanol–water partition coefficient (Wildman–Crippen LogP) is 2.62. The van der Waals surface area contributed by atoms with Gasteiger partial charge in [-0.25, -0.2) is 19.3 Å². The number of aliphatic hydroxyl groups excluding tert-OH is 1. The Morgan fingerprint density at radius 1 is 1.22 bits per heavy atom. The molecular formula is C22H29FN8O. The lowest BCUT2D eigenvalue weighted by atomic mass is 9.82. The zero-order chi connectivity index (χ0) is 22.0. The summed E-state index contributed by atoms with van der Waals surface area (Å²) in [6.45, 7) is 3.48. The number of anilines is 3. The number of nitrogens with one attached hydrogen (secondary N) is 4. The fourth-order valence-corrected chi connectivity index (χ4v) is 5.05. The van der Waals surface area contributed by atoms with Crippen LogP contribution in [0.3, 0.4) is 0 Å². The van der Waals surface area contributed by atoms with Gasteiger partial charge in [-0.1, -0.05) is 0 Å². The first-order valence-corrected chi connectivity index (χ1v) is 11.2. The van der Waals surface area contributed by atoms with Crippen LogP contribution in [0.2, 0.25) is 0 Å². The SMILES string of the molecule is OCCN1CCC[C@@H](C2(CCCNc3ncnc4nc[nH]c34)Nc3ccc(F)cc3N2)C1. The van der Waals surface area contributed by atoms with Gasteiger partial charge in [0.05, 0.1) is 24.3 Å². The zero-order valence-electron chi connectivity index (χ0n) is 17.9. The monoisotopic (exact) mass is 440 g/mol. The van der Waals surface area contributed by atoms with E-state index >= 15 is 0 Å². The van der Waals surface area contributed by atoms with Crippen molar-refractivity contribution in [2.45, 2.75) is 31.3 Å². The number of β-amino-alcohol motifs (C(OH)–C–C–N with tert-alkyl or cyclic N) is 1. The summed E-state index contributed by atoms with van der Waals surface area (Å²) in [6, 6.07) is 4.86. The zero-order valence-corrected chi connectivity index (χ0v) is 17.9. The minimum atomic E-state index is -0.360. The first-order valence-electron chi connectivity index (χ1n) is 11.2. The first kappa shape index (κ1) is 20.9. The second-order valence-corrected chi connectivity index (χ2v) is 8.63. The Labute approximate surface area is 185 Å². The van der Waals surface area contributed by atoms with Gasteiger partial charge in [0.25, 0.3) is 0 Å². The van der Waals surface area contributed by atoms with Crippen LogP contribution in [-0.2, 0) is 0 Å². The van der Waals surface area contributed by atoms with E-state index in [9.17, 15) is 9.50 Å². The number of H-pyrrole nitrogens is 1. The summed E-state index contributed by atoms with van der Waals surface area (Å²) in [5.41, 5.74) is 2.83. The van der Waals surface area contributed by atoms with Gasteiger partial charge in [-0.15, -0.1) is 0 Å². The van der Waals surface area contributed by atoms with Crippen LogP contribution in [0.15, 0.2) is 30.9 Å². The maximum atomic E-state index is 13.9. The molecule has 0 spiro atoms. The molecule has 9 nitrogen and oxygen atoms in total. The Kier molecular flexibility index (Phi) is 5.79. The number of hydrogen-bond donors (Lipinski definition) is 5. The number of hydrogen-bond acceptors (Lipinski definition) is 8. The molecule has 5 rings (SSSR count). The molecule has 2 aliphatic heterocycles. The quantitative estimate of drug-likeness (QED) is 0.340. The van der Waals surface area contributed by atoms with Crippen LogP contribution in [0.25, 0.3) is 11.2 Å². The molecule has 0 radical (unpaired) electrons. The minimum absolute atomic E-state index is 0.164. The Morgan fingerprint density at radius 3 is 3.03 bits per heavy atom. The van der Waals surface area contributed by atoms with Crippen LogP contribution in [0, 0.1) is 11.7 Å². The summed E-state index contributed by atoms with van der Waals surface area (Å²) >= 11 is 0. The molecule has 32 heavy (non-hydrogen) atoms.